The van der Waals surface area contributed by atoms with Gasteiger partial charge >= 0.3 is 0 Å². The molecular weight excluding hydrogens is 727 g/mol. The minimum absolute atomic E-state index is 0.624. The van der Waals surface area contributed by atoms with E-state index in [0.717, 1.165) is 55.6 Å². The van der Waals surface area contributed by atoms with Crippen LogP contribution in [0.2, 0.25) is 0 Å². The van der Waals surface area contributed by atoms with Crippen molar-refractivity contribution in [3.05, 3.63) is 188 Å². The highest BCUT2D eigenvalue weighted by Gasteiger charge is 2.20. The highest BCUT2D eigenvalue weighted by molar-refractivity contribution is 7.26. The van der Waals surface area contributed by atoms with Gasteiger partial charge in [0.2, 0.25) is 0 Å². The molecular formula is C52H31N5S. The van der Waals surface area contributed by atoms with Gasteiger partial charge in [0.05, 0.1) is 21.4 Å². The van der Waals surface area contributed by atoms with Crippen LogP contribution >= 0.6 is 11.3 Å². The lowest BCUT2D eigenvalue weighted by Gasteiger charge is -2.11. The first kappa shape index (κ1) is 32.7. The number of hydrogen-bond donors (Lipinski definition) is 0. The molecule has 58 heavy (non-hydrogen) atoms. The zero-order valence-electron chi connectivity index (χ0n) is 31.0. The van der Waals surface area contributed by atoms with Crippen molar-refractivity contribution in [1.29, 1.82) is 0 Å². The Labute approximate surface area is 337 Å². The summed E-state index contributed by atoms with van der Waals surface area (Å²) in [6.45, 7) is 0. The summed E-state index contributed by atoms with van der Waals surface area (Å²) in [4.78, 5) is 20.6. The molecule has 8 aromatic carbocycles. The van der Waals surface area contributed by atoms with Gasteiger partial charge in [0.1, 0.15) is 0 Å². The molecule has 0 unspecified atom stereocenters. The van der Waals surface area contributed by atoms with Crippen LogP contribution in [-0.2, 0) is 0 Å². The maximum Gasteiger partial charge on any atom is 0.164 e. The topological polar surface area (TPSA) is 56.0 Å². The summed E-state index contributed by atoms with van der Waals surface area (Å²) in [7, 11) is 0. The van der Waals surface area contributed by atoms with Crippen LogP contribution in [0.5, 0.6) is 0 Å². The zero-order chi connectivity index (χ0) is 38.2. The Kier molecular flexibility index (Phi) is 7.33. The van der Waals surface area contributed by atoms with Crippen molar-refractivity contribution in [2.24, 2.45) is 0 Å². The molecule has 0 aliphatic rings. The number of pyridine rings is 1. The van der Waals surface area contributed by atoms with Crippen molar-refractivity contribution in [1.82, 2.24) is 24.3 Å². The summed E-state index contributed by atoms with van der Waals surface area (Å²) in [5.41, 5.74) is 10.3. The highest BCUT2D eigenvalue weighted by Crippen LogP contribution is 2.42. The third-order valence-electron chi connectivity index (χ3n) is 11.2. The number of aromatic nitrogens is 5. The largest absolute Gasteiger partial charge is 0.291 e. The van der Waals surface area contributed by atoms with E-state index in [2.05, 4.69) is 156 Å². The molecule has 12 aromatic rings. The molecule has 0 atom stereocenters. The maximum atomic E-state index is 5.47. The Morgan fingerprint density at radius 2 is 0.897 bits per heavy atom. The van der Waals surface area contributed by atoms with Crippen LogP contribution < -0.4 is 0 Å². The molecule has 0 saturated carbocycles. The van der Waals surface area contributed by atoms with Crippen molar-refractivity contribution < 1.29 is 0 Å². The van der Waals surface area contributed by atoms with E-state index in [1.165, 1.54) is 41.9 Å². The molecule has 6 heteroatoms. The van der Waals surface area contributed by atoms with Crippen LogP contribution in [0.1, 0.15) is 0 Å². The van der Waals surface area contributed by atoms with Crippen molar-refractivity contribution in [3.8, 4) is 56.5 Å². The van der Waals surface area contributed by atoms with Crippen molar-refractivity contribution in [3.63, 3.8) is 0 Å². The minimum Gasteiger partial charge on any atom is -0.291 e. The molecule has 12 rings (SSSR count). The van der Waals surface area contributed by atoms with E-state index in [1.54, 1.807) is 0 Å². The van der Waals surface area contributed by atoms with E-state index in [9.17, 15) is 0 Å². The van der Waals surface area contributed by atoms with E-state index >= 15 is 0 Å². The van der Waals surface area contributed by atoms with Crippen LogP contribution in [-0.4, -0.2) is 24.3 Å². The predicted octanol–water partition coefficient (Wildman–Crippen LogP) is 13.7. The van der Waals surface area contributed by atoms with Crippen molar-refractivity contribution in [2.75, 3.05) is 0 Å². The standard InChI is InChI=1S/C52H31N5S/c1-3-11-32(12-4-1)33-19-23-36(24-20-33)50-54-49(35-13-5-2-6-14-35)55-51(56-50)37-25-21-34(22-26-37)45-31-43-41-17-9-10-18-46(41)58-48(43)52-53-47-42-30-39-16-8-7-15-38(39)29-40(42)27-28-44(47)57(45)52/h1-31H. The van der Waals surface area contributed by atoms with E-state index in [0.29, 0.717) is 17.5 Å². The summed E-state index contributed by atoms with van der Waals surface area (Å²) in [6.07, 6.45) is 0. The number of thiophene rings is 1. The lowest BCUT2D eigenvalue weighted by molar-refractivity contribution is 1.07. The normalized spacial score (nSPS) is 11.8. The second-order valence-electron chi connectivity index (χ2n) is 14.7. The molecule has 0 saturated heterocycles. The van der Waals surface area contributed by atoms with Crippen LogP contribution in [0.15, 0.2) is 188 Å². The third kappa shape index (κ3) is 5.30. The van der Waals surface area contributed by atoms with Gasteiger partial charge in [-0.3, -0.25) is 4.40 Å². The van der Waals surface area contributed by atoms with E-state index in [-0.39, 0.29) is 0 Å². The molecule has 0 amide bonds. The number of rotatable bonds is 5. The van der Waals surface area contributed by atoms with Crippen LogP contribution in [0.4, 0.5) is 0 Å². The fourth-order valence-corrected chi connectivity index (χ4v) is 9.48. The first-order valence-electron chi connectivity index (χ1n) is 19.4. The average Bonchev–Trinajstić information content (AvgIpc) is 3.88. The smallest absolute Gasteiger partial charge is 0.164 e. The second-order valence-corrected chi connectivity index (χ2v) is 15.7. The van der Waals surface area contributed by atoms with Gasteiger partial charge < -0.3 is 0 Å². The molecule has 270 valence electrons. The van der Waals surface area contributed by atoms with Crippen molar-refractivity contribution >= 4 is 69.7 Å². The Bertz CT molecular complexity index is 3540. The molecule has 0 aliphatic heterocycles. The molecule has 0 radical (unpaired) electrons. The van der Waals surface area contributed by atoms with Gasteiger partial charge in [0.15, 0.2) is 23.1 Å². The van der Waals surface area contributed by atoms with Crippen molar-refractivity contribution in [2.45, 2.75) is 0 Å². The molecule has 4 aromatic heterocycles. The number of nitrogens with zero attached hydrogens (tertiary/aromatic N) is 5. The van der Waals surface area contributed by atoms with Crippen LogP contribution in [0.25, 0.3) is 115 Å². The molecule has 0 fully saturated rings. The summed E-state index contributed by atoms with van der Waals surface area (Å²) < 4.78 is 4.80. The zero-order valence-corrected chi connectivity index (χ0v) is 31.9. The molecule has 0 N–H and O–H groups in total. The lowest BCUT2D eigenvalue weighted by Crippen LogP contribution is -2.00. The molecule has 0 spiro atoms. The monoisotopic (exact) mass is 757 g/mol. The first-order valence-corrected chi connectivity index (χ1v) is 20.2. The van der Waals surface area contributed by atoms with E-state index in [1.807, 2.05) is 47.7 Å². The average molecular weight is 758 g/mol. The fraction of sp³-hybridized carbons (Fsp3) is 0. The molecule has 4 heterocycles. The Hall–Kier alpha value is -7.54. The molecule has 0 aliphatic carbocycles. The summed E-state index contributed by atoms with van der Waals surface area (Å²) in [6, 6.07) is 66.2. The number of fused-ring (bicyclic) bond motifs is 10. The van der Waals surface area contributed by atoms with Gasteiger partial charge in [0.25, 0.3) is 0 Å². The SMILES string of the molecule is c1ccc(-c2ccc(-c3nc(-c4ccccc4)nc(-c4ccc(-c5cc6c7ccccc7sc6c6nc7c8cc9ccccc9cc8ccc7n56)cc4)n3)cc2)cc1. The van der Waals surface area contributed by atoms with Crippen LogP contribution in [0, 0.1) is 0 Å². The van der Waals surface area contributed by atoms with Crippen LogP contribution in [0.3, 0.4) is 0 Å². The van der Waals surface area contributed by atoms with Gasteiger partial charge in [-0.25, -0.2) is 19.9 Å². The minimum atomic E-state index is 0.624. The summed E-state index contributed by atoms with van der Waals surface area (Å²) in [5.74, 6) is 1.89. The summed E-state index contributed by atoms with van der Waals surface area (Å²) >= 11 is 1.81. The van der Waals surface area contributed by atoms with E-state index < -0.39 is 0 Å². The Morgan fingerprint density at radius 1 is 0.362 bits per heavy atom. The van der Waals surface area contributed by atoms with Gasteiger partial charge in [-0.15, -0.1) is 11.3 Å². The van der Waals surface area contributed by atoms with Gasteiger partial charge in [-0.1, -0.05) is 158 Å². The van der Waals surface area contributed by atoms with E-state index in [4.69, 9.17) is 19.9 Å². The Balaban J connectivity index is 1.02. The lowest BCUT2D eigenvalue weighted by atomic mass is 10.0. The first-order chi connectivity index (χ1) is 28.7. The third-order valence-corrected chi connectivity index (χ3v) is 12.4. The van der Waals surface area contributed by atoms with Gasteiger partial charge in [0, 0.05) is 37.5 Å². The van der Waals surface area contributed by atoms with Gasteiger partial charge in [-0.2, -0.15) is 0 Å². The number of hydrogen-bond acceptors (Lipinski definition) is 5. The summed E-state index contributed by atoms with van der Waals surface area (Å²) in [5, 5.41) is 7.24. The quantitative estimate of drug-likeness (QED) is 0.164. The molecule has 5 nitrogen and oxygen atoms in total. The number of imidazole rings is 1. The predicted molar refractivity (Wildman–Crippen MR) is 241 cm³/mol. The Morgan fingerprint density at radius 3 is 1.59 bits per heavy atom. The second kappa shape index (κ2) is 13.0. The highest BCUT2D eigenvalue weighted by atomic mass is 32.1. The van der Waals surface area contributed by atoms with Gasteiger partial charge in [-0.05, 0) is 63.2 Å². The maximum absolute atomic E-state index is 5.47. The number of benzene rings is 8. The molecule has 0 bridgehead atoms. The fourth-order valence-electron chi connectivity index (χ4n) is 8.32.